The molecule has 7 heteroatoms. The van der Waals surface area contributed by atoms with Gasteiger partial charge in [-0.3, -0.25) is 0 Å². The molecule has 0 radical (unpaired) electrons. The fraction of sp³-hybridized carbons (Fsp3) is 0.591. The lowest BCUT2D eigenvalue weighted by molar-refractivity contribution is 0.234. The van der Waals surface area contributed by atoms with E-state index in [0.29, 0.717) is 18.4 Å². The van der Waals surface area contributed by atoms with Crippen molar-refractivity contribution in [1.29, 1.82) is 0 Å². The molecule has 6 nitrogen and oxygen atoms in total. The van der Waals surface area contributed by atoms with Crippen LogP contribution in [0.15, 0.2) is 35.3 Å². The minimum absolute atomic E-state index is 0.551. The van der Waals surface area contributed by atoms with Gasteiger partial charge in [-0.15, -0.1) is 10.2 Å². The zero-order valence-corrected chi connectivity index (χ0v) is 19.0. The summed E-state index contributed by atoms with van der Waals surface area (Å²) in [6.45, 7) is 7.88. The molecule has 1 fully saturated rings. The number of hydrogen-bond acceptors (Lipinski definition) is 4. The Morgan fingerprint density at radius 3 is 2.72 bits per heavy atom. The predicted molar refractivity (Wildman–Crippen MR) is 122 cm³/mol. The van der Waals surface area contributed by atoms with Crippen molar-refractivity contribution in [2.24, 2.45) is 18.0 Å². The SMILES string of the molecule is CSCCCNC(=NCc1nnc(C)n1C)N1CCC(c2ccccc2)C(C)C1. The molecule has 0 saturated carbocycles. The summed E-state index contributed by atoms with van der Waals surface area (Å²) in [6.07, 6.45) is 4.44. The lowest BCUT2D eigenvalue weighted by Crippen LogP contribution is -2.48. The van der Waals surface area contributed by atoms with Crippen LogP contribution in [0.2, 0.25) is 0 Å². The summed E-state index contributed by atoms with van der Waals surface area (Å²) in [4.78, 5) is 7.35. The van der Waals surface area contributed by atoms with Gasteiger partial charge in [0.15, 0.2) is 11.8 Å². The molecular weight excluding hydrogens is 380 g/mol. The zero-order valence-electron chi connectivity index (χ0n) is 18.1. The smallest absolute Gasteiger partial charge is 0.194 e. The first-order chi connectivity index (χ1) is 14.1. The van der Waals surface area contributed by atoms with E-state index in [0.717, 1.165) is 55.8 Å². The Labute approximate surface area is 179 Å². The highest BCUT2D eigenvalue weighted by Crippen LogP contribution is 2.32. The van der Waals surface area contributed by atoms with Gasteiger partial charge in [0, 0.05) is 26.7 Å². The van der Waals surface area contributed by atoms with Gasteiger partial charge in [0.25, 0.3) is 0 Å². The van der Waals surface area contributed by atoms with Crippen LogP contribution >= 0.6 is 11.8 Å². The fourth-order valence-electron chi connectivity index (χ4n) is 3.95. The van der Waals surface area contributed by atoms with Crippen LogP contribution in [0, 0.1) is 12.8 Å². The third-order valence-corrected chi connectivity index (χ3v) is 6.49. The molecule has 0 bridgehead atoms. The lowest BCUT2D eigenvalue weighted by atomic mass is 9.82. The Hall–Kier alpha value is -2.02. The van der Waals surface area contributed by atoms with Crippen molar-refractivity contribution >= 4 is 17.7 Å². The van der Waals surface area contributed by atoms with Crippen LogP contribution in [0.5, 0.6) is 0 Å². The Morgan fingerprint density at radius 2 is 2.07 bits per heavy atom. The van der Waals surface area contributed by atoms with Crippen LogP contribution in [0.3, 0.4) is 0 Å². The molecular formula is C22H34N6S. The number of aromatic nitrogens is 3. The van der Waals surface area contributed by atoms with Crippen LogP contribution in [-0.4, -0.2) is 57.3 Å². The summed E-state index contributed by atoms with van der Waals surface area (Å²) in [5, 5.41) is 12.0. The number of hydrogen-bond donors (Lipinski definition) is 1. The summed E-state index contributed by atoms with van der Waals surface area (Å²) in [6, 6.07) is 10.9. The van der Waals surface area contributed by atoms with Gasteiger partial charge in [0.05, 0.1) is 0 Å². The molecule has 1 aromatic carbocycles. The Kier molecular flexibility index (Phi) is 7.98. The number of likely N-dealkylation sites (tertiary alicyclic amines) is 1. The minimum atomic E-state index is 0.551. The molecule has 2 aromatic rings. The maximum absolute atomic E-state index is 4.92. The van der Waals surface area contributed by atoms with E-state index in [2.05, 4.69) is 63.9 Å². The maximum atomic E-state index is 4.92. The molecule has 1 saturated heterocycles. The number of piperidine rings is 1. The number of rotatable bonds is 7. The number of nitrogens with one attached hydrogen (secondary N) is 1. The van der Waals surface area contributed by atoms with Crippen molar-refractivity contribution < 1.29 is 0 Å². The van der Waals surface area contributed by atoms with Crippen molar-refractivity contribution in [3.63, 3.8) is 0 Å². The quantitative estimate of drug-likeness (QED) is 0.427. The number of aryl methyl sites for hydroxylation is 1. The summed E-state index contributed by atoms with van der Waals surface area (Å²) in [7, 11) is 2.00. The summed E-state index contributed by atoms with van der Waals surface area (Å²) < 4.78 is 2.01. The molecule has 2 unspecified atom stereocenters. The molecule has 158 valence electrons. The predicted octanol–water partition coefficient (Wildman–Crippen LogP) is 3.45. The molecule has 2 heterocycles. The highest BCUT2D eigenvalue weighted by Gasteiger charge is 2.28. The fourth-order valence-corrected chi connectivity index (χ4v) is 4.39. The first-order valence-corrected chi connectivity index (χ1v) is 11.9. The van der Waals surface area contributed by atoms with Gasteiger partial charge < -0.3 is 14.8 Å². The van der Waals surface area contributed by atoms with E-state index in [9.17, 15) is 0 Å². The molecule has 2 atom stereocenters. The van der Waals surface area contributed by atoms with Gasteiger partial charge in [-0.1, -0.05) is 37.3 Å². The van der Waals surface area contributed by atoms with Crippen LogP contribution in [0.1, 0.15) is 42.9 Å². The Bertz CT molecular complexity index is 788. The second-order valence-corrected chi connectivity index (χ2v) is 8.85. The molecule has 1 aliphatic heterocycles. The number of aliphatic imine (C=N–C) groups is 1. The normalized spacial score (nSPS) is 20.1. The van der Waals surface area contributed by atoms with E-state index in [1.807, 2.05) is 30.3 Å². The van der Waals surface area contributed by atoms with Gasteiger partial charge in [0.1, 0.15) is 12.4 Å². The third-order valence-electron chi connectivity index (χ3n) is 5.79. The van der Waals surface area contributed by atoms with Crippen molar-refractivity contribution in [1.82, 2.24) is 25.0 Å². The van der Waals surface area contributed by atoms with Gasteiger partial charge >= 0.3 is 0 Å². The second kappa shape index (κ2) is 10.7. The number of benzene rings is 1. The molecule has 1 aliphatic rings. The average Bonchev–Trinajstić information content (AvgIpc) is 3.06. The highest BCUT2D eigenvalue weighted by atomic mass is 32.2. The zero-order chi connectivity index (χ0) is 20.6. The van der Waals surface area contributed by atoms with Gasteiger partial charge in [0.2, 0.25) is 0 Å². The van der Waals surface area contributed by atoms with Gasteiger partial charge in [-0.2, -0.15) is 11.8 Å². The summed E-state index contributed by atoms with van der Waals surface area (Å²) in [5.74, 6) is 5.19. The highest BCUT2D eigenvalue weighted by molar-refractivity contribution is 7.98. The Balaban J connectivity index is 1.68. The lowest BCUT2D eigenvalue weighted by Gasteiger charge is -2.39. The molecule has 1 N–H and O–H groups in total. The molecule has 1 aromatic heterocycles. The van der Waals surface area contributed by atoms with E-state index >= 15 is 0 Å². The molecule has 29 heavy (non-hydrogen) atoms. The molecule has 0 amide bonds. The van der Waals surface area contributed by atoms with Crippen molar-refractivity contribution in [3.8, 4) is 0 Å². The van der Waals surface area contributed by atoms with E-state index < -0.39 is 0 Å². The molecule has 0 aliphatic carbocycles. The van der Waals surface area contributed by atoms with E-state index in [4.69, 9.17) is 4.99 Å². The third kappa shape index (κ3) is 5.75. The van der Waals surface area contributed by atoms with Crippen LogP contribution in [0.4, 0.5) is 0 Å². The average molecular weight is 415 g/mol. The number of thioether (sulfide) groups is 1. The monoisotopic (exact) mass is 414 g/mol. The summed E-state index contributed by atoms with van der Waals surface area (Å²) >= 11 is 1.89. The summed E-state index contributed by atoms with van der Waals surface area (Å²) in [5.41, 5.74) is 1.46. The molecule has 0 spiro atoms. The van der Waals surface area contributed by atoms with E-state index in [-0.39, 0.29) is 0 Å². The largest absolute Gasteiger partial charge is 0.356 e. The van der Waals surface area contributed by atoms with Crippen LogP contribution < -0.4 is 5.32 Å². The first-order valence-electron chi connectivity index (χ1n) is 10.5. The van der Waals surface area contributed by atoms with Crippen molar-refractivity contribution in [2.45, 2.75) is 39.2 Å². The van der Waals surface area contributed by atoms with Crippen molar-refractivity contribution in [2.75, 3.05) is 31.6 Å². The van der Waals surface area contributed by atoms with E-state index in [1.54, 1.807) is 0 Å². The Morgan fingerprint density at radius 1 is 1.28 bits per heavy atom. The minimum Gasteiger partial charge on any atom is -0.356 e. The standard InChI is InChI=1S/C22H34N6S/c1-17-16-28(13-11-20(17)19-9-6-5-7-10-19)22(23-12-8-14-29-4)24-15-21-26-25-18(2)27(21)3/h5-7,9-10,17,20H,8,11-16H2,1-4H3,(H,23,24). The maximum Gasteiger partial charge on any atom is 0.194 e. The van der Waals surface area contributed by atoms with Crippen molar-refractivity contribution in [3.05, 3.63) is 47.5 Å². The topological polar surface area (TPSA) is 58.3 Å². The van der Waals surface area contributed by atoms with Gasteiger partial charge in [-0.05, 0) is 49.2 Å². The second-order valence-electron chi connectivity index (χ2n) is 7.86. The first kappa shape index (κ1) is 21.7. The van der Waals surface area contributed by atoms with Crippen LogP contribution in [0.25, 0.3) is 0 Å². The van der Waals surface area contributed by atoms with Gasteiger partial charge in [-0.25, -0.2) is 4.99 Å². The van der Waals surface area contributed by atoms with Crippen LogP contribution in [-0.2, 0) is 13.6 Å². The van der Waals surface area contributed by atoms with E-state index in [1.165, 1.54) is 5.56 Å². The number of guanidine groups is 1. The molecule has 3 rings (SSSR count). The number of nitrogens with zero attached hydrogens (tertiary/aromatic N) is 5.